The van der Waals surface area contributed by atoms with E-state index in [1.165, 1.54) is 0 Å². The number of rotatable bonds is 3. The van der Waals surface area contributed by atoms with E-state index in [1.54, 1.807) is 22.7 Å². The molecule has 1 aliphatic heterocycles. The fourth-order valence-electron chi connectivity index (χ4n) is 2.51. The number of nitrogens with zero attached hydrogens (tertiary/aromatic N) is 4. The van der Waals surface area contributed by atoms with Crippen LogP contribution in [-0.4, -0.2) is 45.0 Å². The van der Waals surface area contributed by atoms with Gasteiger partial charge in [-0.05, 0) is 24.6 Å². The average Bonchev–Trinajstić information content (AvgIpc) is 2.96. The van der Waals surface area contributed by atoms with Crippen molar-refractivity contribution in [1.82, 2.24) is 25.2 Å². The van der Waals surface area contributed by atoms with E-state index in [9.17, 15) is 9.59 Å². The number of benzene rings is 1. The van der Waals surface area contributed by atoms with Gasteiger partial charge in [-0.3, -0.25) is 4.79 Å². The zero-order valence-corrected chi connectivity index (χ0v) is 14.6. The predicted molar refractivity (Wildman–Crippen MR) is 88.3 cm³/mol. The number of aromatic nitrogens is 3. The number of ether oxygens (including phenoxy) is 1. The molecule has 0 radical (unpaired) electrons. The lowest BCUT2D eigenvalue weighted by Crippen LogP contribution is -2.41. The molecule has 24 heavy (non-hydrogen) atoms. The van der Waals surface area contributed by atoms with E-state index >= 15 is 0 Å². The molecule has 0 saturated carbocycles. The summed E-state index contributed by atoms with van der Waals surface area (Å²) in [6.45, 7) is 2.59. The molecule has 1 N–H and O–H groups in total. The topological polar surface area (TPSA) is 89.4 Å². The van der Waals surface area contributed by atoms with Crippen molar-refractivity contribution in [2.24, 2.45) is 0 Å². The summed E-state index contributed by atoms with van der Waals surface area (Å²) in [7, 11) is 0. The molecular weight excluding hydrogens is 378 g/mol. The summed E-state index contributed by atoms with van der Waals surface area (Å²) in [5, 5.41) is 10.6. The van der Waals surface area contributed by atoms with Gasteiger partial charge in [-0.2, -0.15) is 0 Å². The highest BCUT2D eigenvalue weighted by molar-refractivity contribution is 9.10. The van der Waals surface area contributed by atoms with E-state index in [1.807, 2.05) is 18.2 Å². The molecule has 2 heterocycles. The SMILES string of the molecule is CCOC(=O)CNC(=O)N1Cc2ccc(Br)cc2-n2nncc2C1. The van der Waals surface area contributed by atoms with Gasteiger partial charge in [0.05, 0.1) is 30.7 Å². The second-order valence-corrected chi connectivity index (χ2v) is 6.15. The molecular formula is C15H16BrN5O3. The Hall–Kier alpha value is -2.42. The summed E-state index contributed by atoms with van der Waals surface area (Å²) < 4.78 is 7.46. The summed E-state index contributed by atoms with van der Waals surface area (Å²) in [6.07, 6.45) is 1.63. The molecule has 0 saturated heterocycles. The minimum absolute atomic E-state index is 0.159. The third kappa shape index (κ3) is 3.40. The van der Waals surface area contributed by atoms with Crippen LogP contribution in [0.15, 0.2) is 28.9 Å². The van der Waals surface area contributed by atoms with Crippen LogP contribution in [0.5, 0.6) is 0 Å². The number of carbonyl (C=O) groups excluding carboxylic acids is 2. The molecule has 0 unspecified atom stereocenters. The number of carbonyl (C=O) groups is 2. The Morgan fingerprint density at radius 2 is 2.21 bits per heavy atom. The number of amides is 2. The van der Waals surface area contributed by atoms with Gasteiger partial charge in [0, 0.05) is 11.0 Å². The molecule has 126 valence electrons. The average molecular weight is 394 g/mol. The second-order valence-electron chi connectivity index (χ2n) is 5.23. The van der Waals surface area contributed by atoms with Gasteiger partial charge in [-0.15, -0.1) is 5.10 Å². The highest BCUT2D eigenvalue weighted by atomic mass is 79.9. The van der Waals surface area contributed by atoms with E-state index in [2.05, 4.69) is 31.6 Å². The van der Waals surface area contributed by atoms with Crippen LogP contribution in [0.25, 0.3) is 5.69 Å². The number of hydrogen-bond acceptors (Lipinski definition) is 5. The van der Waals surface area contributed by atoms with Crippen LogP contribution in [0.3, 0.4) is 0 Å². The van der Waals surface area contributed by atoms with Crippen LogP contribution in [-0.2, 0) is 22.6 Å². The molecule has 9 heteroatoms. The molecule has 3 rings (SSSR count). The lowest BCUT2D eigenvalue weighted by Gasteiger charge is -2.20. The molecule has 0 spiro atoms. The molecule has 0 fully saturated rings. The zero-order chi connectivity index (χ0) is 17.1. The number of fused-ring (bicyclic) bond motifs is 3. The monoisotopic (exact) mass is 393 g/mol. The Balaban J connectivity index is 1.81. The molecule has 0 aliphatic carbocycles. The first-order valence-electron chi connectivity index (χ1n) is 7.45. The summed E-state index contributed by atoms with van der Waals surface area (Å²) in [5.41, 5.74) is 2.60. The van der Waals surface area contributed by atoms with Gasteiger partial charge in [-0.1, -0.05) is 27.2 Å². The van der Waals surface area contributed by atoms with Crippen molar-refractivity contribution in [2.75, 3.05) is 13.2 Å². The van der Waals surface area contributed by atoms with Crippen LogP contribution < -0.4 is 5.32 Å². The van der Waals surface area contributed by atoms with Crippen LogP contribution in [0.4, 0.5) is 4.79 Å². The number of hydrogen-bond donors (Lipinski definition) is 1. The van der Waals surface area contributed by atoms with Gasteiger partial charge >= 0.3 is 12.0 Å². The first-order valence-corrected chi connectivity index (χ1v) is 8.24. The van der Waals surface area contributed by atoms with E-state index in [-0.39, 0.29) is 19.2 Å². The largest absolute Gasteiger partial charge is 0.465 e. The van der Waals surface area contributed by atoms with E-state index in [4.69, 9.17) is 4.74 Å². The molecule has 1 aliphatic rings. The Kier molecular flexibility index (Phi) is 4.79. The Bertz CT molecular complexity index is 776. The molecule has 8 nitrogen and oxygen atoms in total. The van der Waals surface area contributed by atoms with Crippen molar-refractivity contribution in [2.45, 2.75) is 20.0 Å². The van der Waals surface area contributed by atoms with Crippen molar-refractivity contribution in [3.63, 3.8) is 0 Å². The highest BCUT2D eigenvalue weighted by Crippen LogP contribution is 2.26. The number of nitrogens with one attached hydrogen (secondary N) is 1. The van der Waals surface area contributed by atoms with E-state index in [0.29, 0.717) is 13.1 Å². The van der Waals surface area contributed by atoms with Crippen molar-refractivity contribution in [3.8, 4) is 5.69 Å². The standard InChI is InChI=1S/C15H16BrN5O3/c1-2-24-14(22)7-17-15(23)20-8-10-3-4-11(16)5-13(10)21-12(9-20)6-18-19-21/h3-6H,2,7-9H2,1H3,(H,17,23). The molecule has 2 aromatic rings. The summed E-state index contributed by atoms with van der Waals surface area (Å²) in [4.78, 5) is 25.4. The van der Waals surface area contributed by atoms with E-state index < -0.39 is 5.97 Å². The second kappa shape index (κ2) is 7.00. The predicted octanol–water partition coefficient (Wildman–Crippen LogP) is 1.62. The fourth-order valence-corrected chi connectivity index (χ4v) is 2.86. The van der Waals surface area contributed by atoms with E-state index in [0.717, 1.165) is 21.4 Å². The first-order chi connectivity index (χ1) is 11.6. The van der Waals surface area contributed by atoms with Crippen LogP contribution in [0.2, 0.25) is 0 Å². The zero-order valence-electron chi connectivity index (χ0n) is 13.0. The maximum Gasteiger partial charge on any atom is 0.325 e. The molecule has 1 aromatic heterocycles. The number of halogens is 1. The van der Waals surface area contributed by atoms with Crippen molar-refractivity contribution >= 4 is 27.9 Å². The summed E-state index contributed by atoms with van der Waals surface area (Å²) in [6, 6.07) is 5.44. The highest BCUT2D eigenvalue weighted by Gasteiger charge is 2.24. The van der Waals surface area contributed by atoms with Gasteiger partial charge < -0.3 is 15.0 Å². The lowest BCUT2D eigenvalue weighted by molar-refractivity contribution is -0.141. The van der Waals surface area contributed by atoms with Gasteiger partial charge in [-0.25, -0.2) is 9.48 Å². The van der Waals surface area contributed by atoms with Crippen LogP contribution in [0, 0.1) is 0 Å². The number of urea groups is 1. The molecule has 0 bridgehead atoms. The van der Waals surface area contributed by atoms with Gasteiger partial charge in [0.25, 0.3) is 0 Å². The maximum absolute atomic E-state index is 12.4. The Morgan fingerprint density at radius 1 is 1.38 bits per heavy atom. The van der Waals surface area contributed by atoms with Crippen molar-refractivity contribution in [1.29, 1.82) is 0 Å². The maximum atomic E-state index is 12.4. The molecule has 0 atom stereocenters. The Labute approximate surface area is 146 Å². The summed E-state index contributed by atoms with van der Waals surface area (Å²) in [5.74, 6) is -0.461. The number of esters is 1. The van der Waals surface area contributed by atoms with Crippen molar-refractivity contribution < 1.29 is 14.3 Å². The van der Waals surface area contributed by atoms with Crippen molar-refractivity contribution in [3.05, 3.63) is 40.1 Å². The minimum Gasteiger partial charge on any atom is -0.465 e. The normalized spacial score (nSPS) is 12.8. The quantitative estimate of drug-likeness (QED) is 0.800. The molecule has 1 aromatic carbocycles. The first kappa shape index (κ1) is 16.4. The minimum atomic E-state index is -0.461. The smallest absolute Gasteiger partial charge is 0.325 e. The van der Waals surface area contributed by atoms with Crippen LogP contribution >= 0.6 is 15.9 Å². The van der Waals surface area contributed by atoms with Crippen LogP contribution in [0.1, 0.15) is 18.2 Å². The molecule has 2 amide bonds. The Morgan fingerprint density at radius 3 is 3.00 bits per heavy atom. The fraction of sp³-hybridized carbons (Fsp3) is 0.333. The van der Waals surface area contributed by atoms with Gasteiger partial charge in [0.1, 0.15) is 6.54 Å². The third-order valence-corrected chi connectivity index (χ3v) is 4.08. The van der Waals surface area contributed by atoms with Gasteiger partial charge in [0.15, 0.2) is 0 Å². The third-order valence-electron chi connectivity index (χ3n) is 3.59. The summed E-state index contributed by atoms with van der Waals surface area (Å²) >= 11 is 3.45. The van der Waals surface area contributed by atoms with Gasteiger partial charge in [0.2, 0.25) is 0 Å². The lowest BCUT2D eigenvalue weighted by atomic mass is 10.2.